The van der Waals surface area contributed by atoms with Gasteiger partial charge >= 0.3 is 0 Å². The van der Waals surface area contributed by atoms with Crippen molar-refractivity contribution in [1.82, 2.24) is 0 Å². The van der Waals surface area contributed by atoms with Crippen LogP contribution >= 0.6 is 43.2 Å². The molecule has 0 bridgehead atoms. The minimum Gasteiger partial charge on any atom is -0.324 e. The van der Waals surface area contributed by atoms with Gasteiger partial charge in [-0.15, -0.1) is 11.3 Å². The number of rotatable bonds is 3. The number of hydrogen-bond acceptors (Lipinski definition) is 2. The predicted molar refractivity (Wildman–Crippen MR) is 76.8 cm³/mol. The third-order valence-corrected chi connectivity index (χ3v) is 4.48. The van der Waals surface area contributed by atoms with Crippen LogP contribution in [0, 0.1) is 5.82 Å². The van der Waals surface area contributed by atoms with Crippen LogP contribution in [0.4, 0.5) is 4.39 Å². The van der Waals surface area contributed by atoms with Gasteiger partial charge in [0.25, 0.3) is 0 Å². The second kappa shape index (κ2) is 5.61. The maximum Gasteiger partial charge on any atom is 0.126 e. The van der Waals surface area contributed by atoms with Gasteiger partial charge in [-0.2, -0.15) is 0 Å². The number of nitrogens with two attached hydrogens (primary N) is 1. The summed E-state index contributed by atoms with van der Waals surface area (Å²) in [6, 6.07) is 6.71. The molecule has 2 rings (SSSR count). The van der Waals surface area contributed by atoms with E-state index in [2.05, 4.69) is 31.9 Å². The van der Waals surface area contributed by atoms with Crippen LogP contribution in [0.3, 0.4) is 0 Å². The minimum atomic E-state index is -0.210. The molecule has 1 nitrogen and oxygen atoms in total. The molecule has 90 valence electrons. The first-order chi connectivity index (χ1) is 8.06. The summed E-state index contributed by atoms with van der Waals surface area (Å²) in [6.07, 6.45) is 0.494. The third-order valence-electron chi connectivity index (χ3n) is 2.46. The Morgan fingerprint density at radius 3 is 2.71 bits per heavy atom. The van der Waals surface area contributed by atoms with Gasteiger partial charge in [-0.3, -0.25) is 0 Å². The van der Waals surface area contributed by atoms with Gasteiger partial charge in [-0.05, 0) is 63.1 Å². The van der Waals surface area contributed by atoms with Crippen LogP contribution in [0.1, 0.15) is 17.2 Å². The lowest BCUT2D eigenvalue weighted by atomic mass is 10.0. The van der Waals surface area contributed by atoms with Crippen LogP contribution in [-0.4, -0.2) is 0 Å². The van der Waals surface area contributed by atoms with E-state index in [0.717, 1.165) is 13.8 Å². The molecular weight excluding hydrogens is 369 g/mol. The molecule has 5 heteroatoms. The van der Waals surface area contributed by atoms with E-state index in [-0.39, 0.29) is 11.9 Å². The average molecular weight is 379 g/mol. The zero-order valence-corrected chi connectivity index (χ0v) is 12.8. The molecule has 0 aliphatic carbocycles. The zero-order chi connectivity index (χ0) is 12.4. The van der Waals surface area contributed by atoms with Crippen molar-refractivity contribution in [3.8, 4) is 0 Å². The van der Waals surface area contributed by atoms with Gasteiger partial charge in [0.15, 0.2) is 0 Å². The molecule has 1 atom stereocenters. The summed E-state index contributed by atoms with van der Waals surface area (Å²) in [7, 11) is 0. The highest BCUT2D eigenvalue weighted by Gasteiger charge is 2.12. The summed E-state index contributed by atoms with van der Waals surface area (Å²) in [5.74, 6) is -0.210. The van der Waals surface area contributed by atoms with E-state index in [1.807, 2.05) is 11.4 Å². The summed E-state index contributed by atoms with van der Waals surface area (Å²) < 4.78 is 15.5. The molecule has 0 spiro atoms. The molecule has 1 heterocycles. The first kappa shape index (κ1) is 13.2. The van der Waals surface area contributed by atoms with Crippen LogP contribution in [0.25, 0.3) is 0 Å². The molecule has 0 fully saturated rings. The predicted octanol–water partition coefficient (Wildman–Crippen LogP) is 4.65. The molecule has 0 amide bonds. The maximum atomic E-state index is 13.6. The molecule has 0 aliphatic heterocycles. The highest BCUT2D eigenvalue weighted by atomic mass is 79.9. The Kier molecular flexibility index (Phi) is 4.36. The monoisotopic (exact) mass is 377 g/mol. The van der Waals surface area contributed by atoms with Crippen molar-refractivity contribution in [2.45, 2.75) is 12.5 Å². The molecule has 1 aromatic heterocycles. The zero-order valence-electron chi connectivity index (χ0n) is 8.79. The van der Waals surface area contributed by atoms with E-state index in [1.165, 1.54) is 6.07 Å². The quantitative estimate of drug-likeness (QED) is 0.826. The van der Waals surface area contributed by atoms with Gasteiger partial charge in [-0.25, -0.2) is 4.39 Å². The molecule has 1 unspecified atom stereocenters. The molecule has 17 heavy (non-hydrogen) atoms. The number of hydrogen-bond donors (Lipinski definition) is 1. The van der Waals surface area contributed by atoms with Crippen LogP contribution in [0.5, 0.6) is 0 Å². The fraction of sp³-hybridized carbons (Fsp3) is 0.167. The van der Waals surface area contributed by atoms with Gasteiger partial charge in [0.1, 0.15) is 5.82 Å². The van der Waals surface area contributed by atoms with Crippen LogP contribution in [0.2, 0.25) is 0 Å². The van der Waals surface area contributed by atoms with Crippen LogP contribution in [0.15, 0.2) is 37.9 Å². The van der Waals surface area contributed by atoms with Crippen molar-refractivity contribution in [3.05, 3.63) is 54.8 Å². The van der Waals surface area contributed by atoms with Crippen molar-refractivity contribution < 1.29 is 4.39 Å². The van der Waals surface area contributed by atoms with E-state index in [0.29, 0.717) is 12.0 Å². The SMILES string of the molecule is NC(Cc1cc(Br)ccc1F)c1csc(Br)c1. The van der Waals surface area contributed by atoms with E-state index >= 15 is 0 Å². The number of halogens is 3. The maximum absolute atomic E-state index is 13.6. The van der Waals surface area contributed by atoms with Crippen molar-refractivity contribution in [3.63, 3.8) is 0 Å². The average Bonchev–Trinajstić information content (AvgIpc) is 2.70. The number of benzene rings is 1. The van der Waals surface area contributed by atoms with Gasteiger partial charge in [0.2, 0.25) is 0 Å². The lowest BCUT2D eigenvalue weighted by Crippen LogP contribution is -2.13. The molecule has 0 saturated carbocycles. The molecule has 1 aromatic carbocycles. The Bertz CT molecular complexity index is 527. The standard InChI is InChI=1S/C12H10Br2FNS/c13-9-1-2-10(15)7(3-9)4-11(16)8-5-12(14)17-6-8/h1-3,5-6,11H,4,16H2. The van der Waals surface area contributed by atoms with Gasteiger partial charge in [0, 0.05) is 10.5 Å². The summed E-state index contributed by atoms with van der Waals surface area (Å²) in [5.41, 5.74) is 7.73. The molecule has 0 aliphatic rings. The Hall–Kier alpha value is -0.230. The largest absolute Gasteiger partial charge is 0.324 e. The van der Waals surface area contributed by atoms with Gasteiger partial charge in [0.05, 0.1) is 3.79 Å². The lowest BCUT2D eigenvalue weighted by molar-refractivity contribution is 0.593. The van der Waals surface area contributed by atoms with Crippen molar-refractivity contribution >= 4 is 43.2 Å². The molecule has 0 saturated heterocycles. The smallest absolute Gasteiger partial charge is 0.126 e. The van der Waals surface area contributed by atoms with Gasteiger partial charge < -0.3 is 5.73 Å². The highest BCUT2D eigenvalue weighted by Crippen LogP contribution is 2.27. The molecule has 2 aromatic rings. The first-order valence-electron chi connectivity index (χ1n) is 4.99. The van der Waals surface area contributed by atoms with Gasteiger partial charge in [-0.1, -0.05) is 15.9 Å². The molecule has 0 radical (unpaired) electrons. The Balaban J connectivity index is 2.18. The lowest BCUT2D eigenvalue weighted by Gasteiger charge is -2.11. The Morgan fingerprint density at radius 1 is 1.29 bits per heavy atom. The molecular formula is C12H10Br2FNS. The second-order valence-corrected chi connectivity index (χ2v) is 6.94. The van der Waals surface area contributed by atoms with E-state index in [1.54, 1.807) is 23.5 Å². The van der Waals surface area contributed by atoms with Crippen LogP contribution < -0.4 is 5.73 Å². The second-order valence-electron chi connectivity index (χ2n) is 3.73. The third kappa shape index (κ3) is 3.37. The summed E-state index contributed by atoms with van der Waals surface area (Å²) in [6.45, 7) is 0. The van der Waals surface area contributed by atoms with Crippen molar-refractivity contribution in [2.75, 3.05) is 0 Å². The Labute approximate surface area is 120 Å². The highest BCUT2D eigenvalue weighted by molar-refractivity contribution is 9.11. The van der Waals surface area contributed by atoms with Crippen LogP contribution in [-0.2, 0) is 6.42 Å². The van der Waals surface area contributed by atoms with Crippen molar-refractivity contribution in [2.24, 2.45) is 5.73 Å². The van der Waals surface area contributed by atoms with Crippen molar-refractivity contribution in [1.29, 1.82) is 0 Å². The summed E-state index contributed by atoms with van der Waals surface area (Å²) >= 11 is 8.31. The fourth-order valence-corrected chi connectivity index (χ4v) is 3.22. The first-order valence-corrected chi connectivity index (χ1v) is 7.46. The fourth-order valence-electron chi connectivity index (χ4n) is 1.57. The molecule has 2 N–H and O–H groups in total. The summed E-state index contributed by atoms with van der Waals surface area (Å²) in [5, 5.41) is 1.99. The van der Waals surface area contributed by atoms with E-state index < -0.39 is 0 Å². The normalized spacial score (nSPS) is 12.7. The minimum absolute atomic E-state index is 0.179. The number of thiophene rings is 1. The summed E-state index contributed by atoms with van der Waals surface area (Å²) in [4.78, 5) is 0. The van der Waals surface area contributed by atoms with E-state index in [9.17, 15) is 4.39 Å². The topological polar surface area (TPSA) is 26.0 Å². The Morgan fingerprint density at radius 2 is 2.06 bits per heavy atom. The van der Waals surface area contributed by atoms with E-state index in [4.69, 9.17) is 5.73 Å².